The monoisotopic (exact) mass is 377 g/mol. The molecule has 0 aromatic rings. The molecule has 5 N–H and O–H groups in total. The Morgan fingerprint density at radius 1 is 0.920 bits per heavy atom. The first-order valence-corrected chi connectivity index (χ1v) is 8.26. The molecule has 0 aromatic heterocycles. The quantitative estimate of drug-likeness (QED) is 0.232. The number of thiol groups is 1. The van der Waals surface area contributed by atoms with Gasteiger partial charge in [-0.2, -0.15) is 12.6 Å². The van der Waals surface area contributed by atoms with Crippen molar-refractivity contribution < 1.29 is 34.2 Å². The minimum Gasteiger partial charge on any atom is -0.481 e. The Labute approximate surface area is 150 Å². The molecule has 11 heteroatoms. The van der Waals surface area contributed by atoms with E-state index in [9.17, 15) is 24.0 Å². The van der Waals surface area contributed by atoms with Crippen LogP contribution in [0.25, 0.3) is 0 Å². The van der Waals surface area contributed by atoms with Gasteiger partial charge in [0.15, 0.2) is 0 Å². The standard InChI is InChI=1S/C14H23N3O7S/c1-2-3-10(18)16-8(4-5-11(19)20)14(24)17-9(7-25)13(23)15-6-12(21)22/h8-9,25H,2-7H2,1H3,(H,15,23)(H,16,18)(H,17,24)(H,19,20)(H,21,22). The van der Waals surface area contributed by atoms with Gasteiger partial charge in [0.2, 0.25) is 17.7 Å². The topological polar surface area (TPSA) is 162 Å². The number of carboxylic acid groups (broad SMARTS) is 2. The minimum atomic E-state index is -1.25. The van der Waals surface area contributed by atoms with E-state index < -0.39 is 48.3 Å². The molecule has 0 aliphatic carbocycles. The average Bonchev–Trinajstić information content (AvgIpc) is 2.53. The van der Waals surface area contributed by atoms with Crippen molar-refractivity contribution in [2.75, 3.05) is 12.3 Å². The first-order chi connectivity index (χ1) is 11.7. The Morgan fingerprint density at radius 2 is 1.56 bits per heavy atom. The van der Waals surface area contributed by atoms with E-state index in [0.29, 0.717) is 6.42 Å². The molecule has 3 amide bonds. The zero-order chi connectivity index (χ0) is 19.4. The van der Waals surface area contributed by atoms with E-state index in [0.717, 1.165) is 0 Å². The average molecular weight is 377 g/mol. The highest BCUT2D eigenvalue weighted by atomic mass is 32.1. The van der Waals surface area contributed by atoms with E-state index in [1.54, 1.807) is 6.92 Å². The van der Waals surface area contributed by atoms with Crippen molar-refractivity contribution in [3.63, 3.8) is 0 Å². The molecule has 10 nitrogen and oxygen atoms in total. The van der Waals surface area contributed by atoms with E-state index in [4.69, 9.17) is 10.2 Å². The lowest BCUT2D eigenvalue weighted by Crippen LogP contribution is -2.55. The fourth-order valence-corrected chi connectivity index (χ4v) is 2.04. The van der Waals surface area contributed by atoms with Crippen molar-refractivity contribution in [2.45, 2.75) is 44.7 Å². The van der Waals surface area contributed by atoms with Crippen molar-refractivity contribution in [1.82, 2.24) is 16.0 Å². The molecule has 0 spiro atoms. The molecule has 0 fully saturated rings. The number of hydrogen-bond acceptors (Lipinski definition) is 6. The number of carbonyl (C=O) groups is 5. The molecule has 25 heavy (non-hydrogen) atoms. The zero-order valence-corrected chi connectivity index (χ0v) is 14.7. The molecular formula is C14H23N3O7S. The van der Waals surface area contributed by atoms with E-state index in [2.05, 4.69) is 28.6 Å². The number of carboxylic acids is 2. The lowest BCUT2D eigenvalue weighted by Gasteiger charge is -2.21. The largest absolute Gasteiger partial charge is 0.481 e. The van der Waals surface area contributed by atoms with Crippen LogP contribution >= 0.6 is 12.6 Å². The summed E-state index contributed by atoms with van der Waals surface area (Å²) in [6, 6.07) is -2.24. The number of aliphatic carboxylic acids is 2. The van der Waals surface area contributed by atoms with Crippen LogP contribution in [-0.2, 0) is 24.0 Å². The van der Waals surface area contributed by atoms with Gasteiger partial charge in [0.05, 0.1) is 0 Å². The summed E-state index contributed by atoms with van der Waals surface area (Å²) in [5, 5.41) is 24.1. The van der Waals surface area contributed by atoms with Crippen LogP contribution < -0.4 is 16.0 Å². The lowest BCUT2D eigenvalue weighted by atomic mass is 10.1. The minimum absolute atomic E-state index is 0.105. The summed E-state index contributed by atoms with van der Waals surface area (Å²) in [4.78, 5) is 56.9. The summed E-state index contributed by atoms with van der Waals surface area (Å²) in [5.41, 5.74) is 0. The van der Waals surface area contributed by atoms with Crippen molar-refractivity contribution in [3.05, 3.63) is 0 Å². The molecule has 0 saturated heterocycles. The summed E-state index contributed by atoms with van der Waals surface area (Å²) >= 11 is 3.93. The first-order valence-electron chi connectivity index (χ1n) is 7.63. The van der Waals surface area contributed by atoms with Gasteiger partial charge in [-0.25, -0.2) is 0 Å². The van der Waals surface area contributed by atoms with Crippen molar-refractivity contribution in [3.8, 4) is 0 Å². The summed E-state index contributed by atoms with van der Waals surface area (Å²) in [6.07, 6.45) is 0.232. The molecule has 0 radical (unpaired) electrons. The fourth-order valence-electron chi connectivity index (χ4n) is 1.78. The molecule has 0 rings (SSSR count). The maximum absolute atomic E-state index is 12.3. The zero-order valence-electron chi connectivity index (χ0n) is 13.8. The number of amides is 3. The molecule has 0 aliphatic rings. The second-order valence-electron chi connectivity index (χ2n) is 5.16. The lowest BCUT2D eigenvalue weighted by molar-refractivity contribution is -0.138. The maximum Gasteiger partial charge on any atom is 0.322 e. The summed E-state index contributed by atoms with van der Waals surface area (Å²) in [7, 11) is 0. The molecule has 0 saturated carbocycles. The summed E-state index contributed by atoms with van der Waals surface area (Å²) in [6.45, 7) is 1.16. The van der Waals surface area contributed by atoms with Crippen molar-refractivity contribution in [2.24, 2.45) is 0 Å². The maximum atomic E-state index is 12.3. The summed E-state index contributed by atoms with van der Waals surface area (Å²) in [5.74, 6) is -4.38. The second kappa shape index (κ2) is 12.1. The van der Waals surface area contributed by atoms with Gasteiger partial charge < -0.3 is 26.2 Å². The molecule has 0 aromatic carbocycles. The molecule has 0 bridgehead atoms. The highest BCUT2D eigenvalue weighted by molar-refractivity contribution is 7.80. The molecular weight excluding hydrogens is 354 g/mol. The number of nitrogens with one attached hydrogen (secondary N) is 3. The highest BCUT2D eigenvalue weighted by Gasteiger charge is 2.26. The van der Waals surface area contributed by atoms with Crippen LogP contribution in [-0.4, -0.2) is 64.3 Å². The molecule has 2 atom stereocenters. The Bertz CT molecular complexity index is 513. The van der Waals surface area contributed by atoms with E-state index >= 15 is 0 Å². The van der Waals surface area contributed by atoms with Crippen molar-refractivity contribution in [1.29, 1.82) is 0 Å². The predicted octanol–water partition coefficient (Wildman–Crippen LogP) is -1.25. The molecule has 0 heterocycles. The SMILES string of the molecule is CCCC(=O)NC(CCC(=O)O)C(=O)NC(CS)C(=O)NCC(=O)O. The third-order valence-corrected chi connectivity index (χ3v) is 3.37. The predicted molar refractivity (Wildman–Crippen MR) is 90.1 cm³/mol. The fraction of sp³-hybridized carbons (Fsp3) is 0.643. The van der Waals surface area contributed by atoms with Crippen LogP contribution in [0.15, 0.2) is 0 Å². The Morgan fingerprint density at radius 3 is 2.04 bits per heavy atom. The highest BCUT2D eigenvalue weighted by Crippen LogP contribution is 2.01. The smallest absolute Gasteiger partial charge is 0.322 e. The molecule has 142 valence electrons. The van der Waals surface area contributed by atoms with Gasteiger partial charge in [-0.3, -0.25) is 24.0 Å². The van der Waals surface area contributed by atoms with Gasteiger partial charge in [-0.05, 0) is 12.8 Å². The summed E-state index contributed by atoms with van der Waals surface area (Å²) < 4.78 is 0. The second-order valence-corrected chi connectivity index (χ2v) is 5.52. The Hall–Kier alpha value is -2.30. The van der Waals surface area contributed by atoms with Crippen LogP contribution in [0, 0.1) is 0 Å². The van der Waals surface area contributed by atoms with Gasteiger partial charge in [-0.1, -0.05) is 6.92 Å². The van der Waals surface area contributed by atoms with Gasteiger partial charge in [0, 0.05) is 18.6 Å². The number of hydrogen-bond donors (Lipinski definition) is 6. The van der Waals surface area contributed by atoms with Gasteiger partial charge in [-0.15, -0.1) is 0 Å². The van der Waals surface area contributed by atoms with Crippen molar-refractivity contribution >= 4 is 42.3 Å². The molecule has 2 unspecified atom stereocenters. The third-order valence-electron chi connectivity index (χ3n) is 3.01. The van der Waals surface area contributed by atoms with Gasteiger partial charge >= 0.3 is 11.9 Å². The van der Waals surface area contributed by atoms with Crippen LogP contribution in [0.4, 0.5) is 0 Å². The van der Waals surface area contributed by atoms with Crippen LogP contribution in [0.5, 0.6) is 0 Å². The van der Waals surface area contributed by atoms with Crippen LogP contribution in [0.3, 0.4) is 0 Å². The van der Waals surface area contributed by atoms with Gasteiger partial charge in [0.25, 0.3) is 0 Å². The third kappa shape index (κ3) is 10.2. The normalized spacial score (nSPS) is 12.6. The first kappa shape index (κ1) is 22.7. The molecule has 0 aliphatic heterocycles. The number of rotatable bonds is 12. The Balaban J connectivity index is 4.88. The van der Waals surface area contributed by atoms with E-state index in [1.165, 1.54) is 0 Å². The van der Waals surface area contributed by atoms with Crippen LogP contribution in [0.2, 0.25) is 0 Å². The Kier molecular flexibility index (Phi) is 11.0. The van der Waals surface area contributed by atoms with E-state index in [1.807, 2.05) is 0 Å². The van der Waals surface area contributed by atoms with E-state index in [-0.39, 0.29) is 25.0 Å². The van der Waals surface area contributed by atoms with Crippen LogP contribution in [0.1, 0.15) is 32.6 Å². The van der Waals surface area contributed by atoms with Gasteiger partial charge in [0.1, 0.15) is 18.6 Å². The number of carbonyl (C=O) groups excluding carboxylic acids is 3.